The molecule has 1 unspecified atom stereocenters. The van der Waals surface area contributed by atoms with Crippen LogP contribution in [0.5, 0.6) is 5.75 Å². The van der Waals surface area contributed by atoms with Gasteiger partial charge < -0.3 is 24.8 Å². The van der Waals surface area contributed by atoms with Gasteiger partial charge in [0.15, 0.2) is 5.82 Å². The highest BCUT2D eigenvalue weighted by molar-refractivity contribution is 7.90. The number of nitrogens with zero attached hydrogens (tertiary/aromatic N) is 4. The second kappa shape index (κ2) is 14.9. The molecule has 9 rings (SSSR count). The van der Waals surface area contributed by atoms with Crippen molar-refractivity contribution in [2.24, 2.45) is 5.92 Å². The molecular formula is C42H38F3N7O6S. The van der Waals surface area contributed by atoms with E-state index < -0.39 is 57.6 Å². The Balaban J connectivity index is 0.829. The molecule has 0 radical (unpaired) electrons. The first-order valence-electron chi connectivity index (χ1n) is 19.2. The molecule has 3 N–H and O–H groups in total. The van der Waals surface area contributed by atoms with Gasteiger partial charge in [-0.15, -0.1) is 0 Å². The molecule has 0 bridgehead atoms. The van der Waals surface area contributed by atoms with Crippen LogP contribution in [0.15, 0.2) is 85.3 Å². The number of amides is 2. The second-order valence-corrected chi connectivity index (χ2v) is 17.0. The Morgan fingerprint density at radius 3 is 2.54 bits per heavy atom. The number of allylic oxidation sites excluding steroid dienone is 1. The second-order valence-electron chi connectivity index (χ2n) is 15.3. The number of pyridine rings is 1. The number of anilines is 2. The largest absolute Gasteiger partial charge is 0.493 e. The Hall–Kier alpha value is -6.20. The first-order valence-corrected chi connectivity index (χ1v) is 20.6. The summed E-state index contributed by atoms with van der Waals surface area (Å²) in [5.41, 5.74) is 3.19. The zero-order valence-corrected chi connectivity index (χ0v) is 32.3. The predicted molar refractivity (Wildman–Crippen MR) is 213 cm³/mol. The van der Waals surface area contributed by atoms with Crippen LogP contribution in [0.4, 0.5) is 24.5 Å². The smallest absolute Gasteiger partial charge is 0.301 e. The minimum absolute atomic E-state index is 0.000322. The van der Waals surface area contributed by atoms with Crippen molar-refractivity contribution in [2.45, 2.75) is 38.0 Å². The number of nitrogens with one attached hydrogen (secondary N) is 3. The maximum Gasteiger partial charge on any atom is 0.301 e. The maximum absolute atomic E-state index is 15.7. The van der Waals surface area contributed by atoms with Crippen LogP contribution in [0.2, 0.25) is 0 Å². The molecule has 2 aromatic heterocycles. The number of piperidine rings is 1. The van der Waals surface area contributed by atoms with Crippen LogP contribution in [0, 0.1) is 17.6 Å². The number of carbonyl (C=O) groups excluding carboxylic acids is 3. The average molecular weight is 826 g/mol. The molecule has 3 fully saturated rings. The van der Waals surface area contributed by atoms with Crippen molar-refractivity contribution in [1.82, 2.24) is 24.5 Å². The fourth-order valence-corrected chi connectivity index (χ4v) is 9.39. The van der Waals surface area contributed by atoms with E-state index in [0.717, 1.165) is 46.3 Å². The molecule has 13 nitrogen and oxygen atoms in total. The lowest BCUT2D eigenvalue weighted by Crippen LogP contribution is -2.49. The number of ether oxygens (including phenoxy) is 1. The normalized spacial score (nSPS) is 19.9. The number of alkyl halides is 1. The molecule has 5 aromatic rings. The van der Waals surface area contributed by atoms with E-state index in [9.17, 15) is 27.2 Å². The monoisotopic (exact) mass is 825 g/mol. The standard InChI is InChI=1S/C42H38F3N7O6S/c1-23-2-11-36(41(54)48-23)52-20-27-14-30(7-8-31(27)42(52)55)58-22-24-18-50(19-24)29-5-3-25(4-6-29)26-15-32-33(17-47-40(32)46-16-26)39(53)37-34(44)9-10-35(38(37)45)49-59(56,57)51-13-12-28(43)21-51/h3-10,14-17,24,28,36,49H,1-2,11-13,18-22H2,(H,46,47)(H,48,54)/t28-,36?/m1/s1. The average Bonchev–Trinajstić information content (AvgIpc) is 3.92. The first kappa shape index (κ1) is 38.3. The molecule has 3 saturated heterocycles. The van der Waals surface area contributed by atoms with E-state index in [1.807, 2.05) is 35.1 Å². The number of hydrogen-bond donors (Lipinski definition) is 3. The Kier molecular flexibility index (Phi) is 9.66. The van der Waals surface area contributed by atoms with E-state index in [-0.39, 0.29) is 36.3 Å². The molecule has 0 saturated carbocycles. The quantitative estimate of drug-likeness (QED) is 0.143. The molecular weight excluding hydrogens is 788 g/mol. The van der Waals surface area contributed by atoms with Crippen LogP contribution < -0.4 is 19.7 Å². The van der Waals surface area contributed by atoms with Gasteiger partial charge in [0.25, 0.3) is 5.91 Å². The van der Waals surface area contributed by atoms with Crippen molar-refractivity contribution in [3.8, 4) is 16.9 Å². The van der Waals surface area contributed by atoms with Crippen LogP contribution in [-0.4, -0.2) is 90.2 Å². The molecule has 2 amide bonds. The Labute approximate surface area is 337 Å². The number of aromatic nitrogens is 2. The number of fused-ring (bicyclic) bond motifs is 2. The molecule has 17 heteroatoms. The number of halogens is 3. The van der Waals surface area contributed by atoms with Crippen molar-refractivity contribution in [2.75, 3.05) is 42.4 Å². The lowest BCUT2D eigenvalue weighted by atomic mass is 9.98. The van der Waals surface area contributed by atoms with E-state index in [0.29, 0.717) is 59.6 Å². The van der Waals surface area contributed by atoms with Gasteiger partial charge >= 0.3 is 10.2 Å². The van der Waals surface area contributed by atoms with Gasteiger partial charge in [-0.1, -0.05) is 18.7 Å². The van der Waals surface area contributed by atoms with Crippen LogP contribution in [0.1, 0.15) is 51.1 Å². The Bertz CT molecular complexity index is 2670. The van der Waals surface area contributed by atoms with Gasteiger partial charge in [-0.3, -0.25) is 19.1 Å². The third-order valence-corrected chi connectivity index (χ3v) is 12.9. The summed E-state index contributed by atoms with van der Waals surface area (Å²) in [6.07, 6.45) is 2.75. The number of carbonyl (C=O) groups is 3. The van der Waals surface area contributed by atoms with E-state index in [1.54, 1.807) is 29.3 Å². The fraction of sp³-hybridized carbons (Fsp3) is 0.286. The SMILES string of the molecule is C=C1CCC(N2Cc3cc(OCC4CN(c5ccc(-c6cnc7[nH]cc(C(=O)c8c(F)ccc(NS(=O)(=O)N9CC[C@@H](F)C9)c8F)c7c6)cc5)C4)ccc3C2=O)C(=O)N1. The highest BCUT2D eigenvalue weighted by Crippen LogP contribution is 2.34. The summed E-state index contributed by atoms with van der Waals surface area (Å²) in [6, 6.07) is 16.1. The number of ketones is 1. The Morgan fingerprint density at radius 2 is 1.80 bits per heavy atom. The van der Waals surface area contributed by atoms with Crippen molar-refractivity contribution in [3.63, 3.8) is 0 Å². The number of rotatable bonds is 11. The van der Waals surface area contributed by atoms with Crippen molar-refractivity contribution < 1.29 is 40.7 Å². The lowest BCUT2D eigenvalue weighted by Gasteiger charge is -2.41. The van der Waals surface area contributed by atoms with Gasteiger partial charge in [0.2, 0.25) is 11.7 Å². The maximum atomic E-state index is 15.7. The van der Waals surface area contributed by atoms with Crippen molar-refractivity contribution in [3.05, 3.63) is 119 Å². The summed E-state index contributed by atoms with van der Waals surface area (Å²) in [7, 11) is -4.36. The van der Waals surface area contributed by atoms with Gasteiger partial charge in [-0.2, -0.15) is 12.7 Å². The summed E-state index contributed by atoms with van der Waals surface area (Å²) < 4.78 is 78.9. The zero-order chi connectivity index (χ0) is 41.2. The van der Waals surface area contributed by atoms with Gasteiger partial charge in [-0.25, -0.2) is 18.2 Å². The highest BCUT2D eigenvalue weighted by atomic mass is 32.2. The molecule has 59 heavy (non-hydrogen) atoms. The van der Waals surface area contributed by atoms with E-state index in [2.05, 4.69) is 26.8 Å². The van der Waals surface area contributed by atoms with Crippen LogP contribution >= 0.6 is 0 Å². The van der Waals surface area contributed by atoms with Crippen molar-refractivity contribution in [1.29, 1.82) is 0 Å². The molecule has 0 aliphatic carbocycles. The first-order chi connectivity index (χ1) is 28.3. The molecule has 3 aromatic carbocycles. The molecule has 0 spiro atoms. The molecule has 4 aliphatic heterocycles. The third-order valence-electron chi connectivity index (χ3n) is 11.4. The zero-order valence-electron chi connectivity index (χ0n) is 31.5. The summed E-state index contributed by atoms with van der Waals surface area (Å²) in [6.45, 7) is 5.72. The number of aromatic amines is 1. The molecule has 4 aliphatic rings. The van der Waals surface area contributed by atoms with Gasteiger partial charge in [0.05, 0.1) is 17.9 Å². The van der Waals surface area contributed by atoms with Gasteiger partial charge in [-0.05, 0) is 78.9 Å². The minimum Gasteiger partial charge on any atom is -0.493 e. The number of H-pyrrole nitrogens is 1. The lowest BCUT2D eigenvalue weighted by molar-refractivity contribution is -0.126. The minimum atomic E-state index is -4.36. The summed E-state index contributed by atoms with van der Waals surface area (Å²) in [5, 5.41) is 3.07. The van der Waals surface area contributed by atoms with Gasteiger partial charge in [0, 0.05) is 84.5 Å². The van der Waals surface area contributed by atoms with Crippen LogP contribution in [0.25, 0.3) is 22.2 Å². The summed E-state index contributed by atoms with van der Waals surface area (Å²) in [4.78, 5) is 50.4. The Morgan fingerprint density at radius 1 is 1.00 bits per heavy atom. The van der Waals surface area contributed by atoms with E-state index in [4.69, 9.17) is 4.74 Å². The predicted octanol–water partition coefficient (Wildman–Crippen LogP) is 5.70. The third kappa shape index (κ3) is 7.18. The van der Waals surface area contributed by atoms with E-state index in [1.165, 1.54) is 6.20 Å². The van der Waals surface area contributed by atoms with E-state index >= 15 is 8.78 Å². The molecule has 2 atom stereocenters. The van der Waals surface area contributed by atoms with Crippen LogP contribution in [0.3, 0.4) is 0 Å². The highest BCUT2D eigenvalue weighted by Gasteiger charge is 2.39. The number of hydrogen-bond acceptors (Lipinski definition) is 8. The summed E-state index contributed by atoms with van der Waals surface area (Å²) in [5.74, 6) is -3.00. The van der Waals surface area contributed by atoms with Gasteiger partial charge in [0.1, 0.15) is 29.4 Å². The van der Waals surface area contributed by atoms with Crippen LogP contribution in [-0.2, 0) is 21.5 Å². The summed E-state index contributed by atoms with van der Waals surface area (Å²) >= 11 is 0. The fourth-order valence-electron chi connectivity index (χ4n) is 8.12. The molecule has 6 heterocycles. The number of benzene rings is 3. The molecule has 304 valence electrons. The topological polar surface area (TPSA) is 157 Å². The van der Waals surface area contributed by atoms with Crippen molar-refractivity contribution >= 4 is 50.2 Å².